The maximum Gasteiger partial charge on any atom is 0.266 e. The number of likely N-dealkylation sites (tertiary alicyclic amines) is 1. The van der Waals surface area contributed by atoms with Crippen LogP contribution in [0.25, 0.3) is 0 Å². The summed E-state index contributed by atoms with van der Waals surface area (Å²) in [5, 5.41) is 17.8. The molecular formula is C31H52ClN3O3. The molecule has 1 aliphatic carbocycles. The van der Waals surface area contributed by atoms with Gasteiger partial charge in [-0.2, -0.15) is 0 Å². The van der Waals surface area contributed by atoms with Gasteiger partial charge in [0.2, 0.25) is 0 Å². The van der Waals surface area contributed by atoms with Crippen molar-refractivity contribution in [1.82, 2.24) is 15.5 Å². The van der Waals surface area contributed by atoms with Crippen molar-refractivity contribution in [2.75, 3.05) is 39.3 Å². The Hall–Kier alpha value is -1.50. The highest BCUT2D eigenvalue weighted by Gasteiger charge is 2.43. The molecule has 0 aromatic heterocycles. The van der Waals surface area contributed by atoms with Crippen molar-refractivity contribution in [3.63, 3.8) is 0 Å². The van der Waals surface area contributed by atoms with Crippen LogP contribution in [-0.4, -0.2) is 60.8 Å². The zero-order chi connectivity index (χ0) is 26.4. The fourth-order valence-corrected chi connectivity index (χ4v) is 6.58. The smallest absolute Gasteiger partial charge is 0.266 e. The number of ether oxygens (including phenoxy) is 1. The lowest BCUT2D eigenvalue weighted by Crippen LogP contribution is -2.54. The van der Waals surface area contributed by atoms with E-state index >= 15 is 0 Å². The average molecular weight is 550 g/mol. The van der Waals surface area contributed by atoms with Gasteiger partial charge in [0.15, 0.2) is 5.60 Å². The average Bonchev–Trinajstić information content (AvgIpc) is 2.92. The van der Waals surface area contributed by atoms with Crippen molar-refractivity contribution in [3.8, 4) is 11.5 Å². The lowest BCUT2D eigenvalue weighted by Gasteiger charge is -2.41. The van der Waals surface area contributed by atoms with E-state index in [9.17, 15) is 9.90 Å². The Bertz CT molecular complexity index is 926. The van der Waals surface area contributed by atoms with Crippen LogP contribution in [0.4, 0.5) is 0 Å². The number of benzene rings is 1. The highest BCUT2D eigenvalue weighted by Crippen LogP contribution is 2.43. The zero-order valence-corrected chi connectivity index (χ0v) is 25.1. The van der Waals surface area contributed by atoms with Crippen LogP contribution in [0.3, 0.4) is 0 Å². The van der Waals surface area contributed by atoms with Gasteiger partial charge in [0, 0.05) is 25.1 Å². The standard InChI is InChI=1S/C31H51N3O3.ClH/c1-22-23(2)29-27(24(3)28(22)35)12-15-31(4,37-29)30(36)34-18-13-26(14-19-34)21-33-17-9-8-16-32-20-25-10-6-5-7-11-25;/h25-26,32-33,35H,5-21H2,1-4H3;1H. The number of unbranched alkanes of at least 4 members (excludes halogenated alkanes) is 1. The number of aromatic hydroxyl groups is 1. The molecule has 1 saturated heterocycles. The minimum absolute atomic E-state index is 0. The Kier molecular flexibility index (Phi) is 11.6. The first-order valence-electron chi connectivity index (χ1n) is 15.0. The Morgan fingerprint density at radius 1 is 0.921 bits per heavy atom. The molecule has 1 aromatic carbocycles. The van der Waals surface area contributed by atoms with Crippen molar-refractivity contribution >= 4 is 18.3 Å². The molecule has 3 N–H and O–H groups in total. The van der Waals surface area contributed by atoms with Gasteiger partial charge in [0.25, 0.3) is 5.91 Å². The van der Waals surface area contributed by atoms with Crippen LogP contribution in [-0.2, 0) is 11.2 Å². The SMILES string of the molecule is Cc1c(C)c2c(c(C)c1O)CCC(C)(C(=O)N1CCC(CNCCCCNCC3CCCCC3)CC1)O2.Cl. The highest BCUT2D eigenvalue weighted by atomic mass is 35.5. The van der Waals surface area contributed by atoms with E-state index < -0.39 is 5.60 Å². The van der Waals surface area contributed by atoms with Crippen LogP contribution in [0, 0.1) is 32.6 Å². The third-order valence-corrected chi connectivity index (χ3v) is 9.42. The summed E-state index contributed by atoms with van der Waals surface area (Å²) in [5.74, 6) is 2.84. The fourth-order valence-electron chi connectivity index (χ4n) is 6.58. The number of fused-ring (bicyclic) bond motifs is 1. The quantitative estimate of drug-likeness (QED) is 0.331. The third-order valence-electron chi connectivity index (χ3n) is 9.42. The van der Waals surface area contributed by atoms with Crippen molar-refractivity contribution in [1.29, 1.82) is 0 Å². The van der Waals surface area contributed by atoms with Gasteiger partial charge in [-0.15, -0.1) is 12.4 Å². The summed E-state index contributed by atoms with van der Waals surface area (Å²) in [5.41, 5.74) is 2.90. The van der Waals surface area contributed by atoms with Crippen LogP contribution >= 0.6 is 12.4 Å². The first-order valence-corrected chi connectivity index (χ1v) is 15.0. The number of nitrogens with one attached hydrogen (secondary N) is 2. The summed E-state index contributed by atoms with van der Waals surface area (Å²) in [6.07, 6.45) is 13.1. The number of hydrogen-bond acceptors (Lipinski definition) is 5. The van der Waals surface area contributed by atoms with Gasteiger partial charge in [-0.3, -0.25) is 4.79 Å². The van der Waals surface area contributed by atoms with Crippen molar-refractivity contribution in [2.45, 2.75) is 104 Å². The van der Waals surface area contributed by atoms with Gasteiger partial charge in [0.1, 0.15) is 11.5 Å². The topological polar surface area (TPSA) is 73.8 Å². The third kappa shape index (κ3) is 7.37. The molecule has 6 nitrogen and oxygen atoms in total. The summed E-state index contributed by atoms with van der Waals surface area (Å²) >= 11 is 0. The van der Waals surface area contributed by atoms with Crippen LogP contribution in [0.15, 0.2) is 0 Å². The number of carbonyl (C=O) groups is 1. The molecule has 2 aliphatic heterocycles. The Balaban J connectivity index is 0.00000400. The molecule has 7 heteroatoms. The zero-order valence-electron chi connectivity index (χ0n) is 24.3. The number of phenolic OH excluding ortho intramolecular Hbond substituents is 1. The van der Waals surface area contributed by atoms with E-state index in [2.05, 4.69) is 10.6 Å². The second-order valence-corrected chi connectivity index (χ2v) is 12.2. The molecule has 2 fully saturated rings. The molecule has 38 heavy (non-hydrogen) atoms. The Labute approximate surface area is 237 Å². The van der Waals surface area contributed by atoms with Crippen molar-refractivity contribution in [3.05, 3.63) is 22.3 Å². The van der Waals surface area contributed by atoms with E-state index in [1.54, 1.807) is 0 Å². The lowest BCUT2D eigenvalue weighted by atomic mass is 9.86. The highest BCUT2D eigenvalue weighted by molar-refractivity contribution is 5.86. The van der Waals surface area contributed by atoms with E-state index in [1.807, 2.05) is 32.6 Å². The Morgan fingerprint density at radius 2 is 1.50 bits per heavy atom. The monoisotopic (exact) mass is 549 g/mol. The predicted molar refractivity (Wildman–Crippen MR) is 158 cm³/mol. The summed E-state index contributed by atoms with van der Waals surface area (Å²) in [6.45, 7) is 13.9. The molecule has 1 amide bonds. The summed E-state index contributed by atoms with van der Waals surface area (Å²) in [6, 6.07) is 0. The fraction of sp³-hybridized carbons (Fsp3) is 0.774. The number of rotatable bonds is 10. The second kappa shape index (κ2) is 14.2. The summed E-state index contributed by atoms with van der Waals surface area (Å²) < 4.78 is 6.44. The van der Waals surface area contributed by atoms with E-state index in [1.165, 1.54) is 51.5 Å². The van der Waals surface area contributed by atoms with Gasteiger partial charge >= 0.3 is 0 Å². The molecule has 0 radical (unpaired) electrons. The number of piperidine rings is 1. The van der Waals surface area contributed by atoms with E-state index in [4.69, 9.17) is 4.74 Å². The van der Waals surface area contributed by atoms with E-state index in [0.29, 0.717) is 18.1 Å². The molecular weight excluding hydrogens is 498 g/mol. The van der Waals surface area contributed by atoms with Crippen LogP contribution in [0.1, 0.15) is 93.4 Å². The van der Waals surface area contributed by atoms with Gasteiger partial charge in [-0.25, -0.2) is 0 Å². The van der Waals surface area contributed by atoms with Gasteiger partial charge in [-0.1, -0.05) is 19.3 Å². The maximum atomic E-state index is 13.6. The molecule has 3 aliphatic rings. The minimum atomic E-state index is -0.830. The summed E-state index contributed by atoms with van der Waals surface area (Å²) in [4.78, 5) is 15.6. The van der Waals surface area contributed by atoms with Crippen molar-refractivity contribution < 1.29 is 14.6 Å². The molecule has 4 rings (SSSR count). The molecule has 1 aromatic rings. The molecule has 0 bridgehead atoms. The lowest BCUT2D eigenvalue weighted by molar-refractivity contribution is -0.149. The molecule has 216 valence electrons. The van der Waals surface area contributed by atoms with Gasteiger partial charge in [0.05, 0.1) is 0 Å². The van der Waals surface area contributed by atoms with Crippen LogP contribution in [0.2, 0.25) is 0 Å². The largest absolute Gasteiger partial charge is 0.507 e. The minimum Gasteiger partial charge on any atom is -0.507 e. The normalized spacial score (nSPS) is 22.5. The van der Waals surface area contributed by atoms with E-state index in [-0.39, 0.29) is 18.3 Å². The number of hydrogen-bond donors (Lipinski definition) is 3. The molecule has 2 heterocycles. The Morgan fingerprint density at radius 3 is 2.11 bits per heavy atom. The van der Waals surface area contributed by atoms with E-state index in [0.717, 1.165) is 85.9 Å². The van der Waals surface area contributed by atoms with Gasteiger partial charge in [-0.05, 0) is 127 Å². The number of nitrogens with zero attached hydrogens (tertiary/aromatic N) is 1. The molecule has 1 saturated carbocycles. The molecule has 1 unspecified atom stereocenters. The first-order chi connectivity index (χ1) is 17.8. The number of phenols is 1. The number of amides is 1. The van der Waals surface area contributed by atoms with Crippen LogP contribution in [0.5, 0.6) is 11.5 Å². The molecule has 0 spiro atoms. The second-order valence-electron chi connectivity index (χ2n) is 12.2. The number of halogens is 1. The summed E-state index contributed by atoms with van der Waals surface area (Å²) in [7, 11) is 0. The van der Waals surface area contributed by atoms with Crippen molar-refractivity contribution in [2.24, 2.45) is 11.8 Å². The first kappa shape index (κ1) is 31.0. The molecule has 1 atom stereocenters. The maximum absolute atomic E-state index is 13.6. The predicted octanol–water partition coefficient (Wildman–Crippen LogP) is 5.60. The van der Waals surface area contributed by atoms with Crippen LogP contribution < -0.4 is 15.4 Å². The van der Waals surface area contributed by atoms with Gasteiger partial charge < -0.3 is 25.4 Å². The number of carbonyl (C=O) groups excluding carboxylic acids is 1.